The lowest BCUT2D eigenvalue weighted by Gasteiger charge is -2.10. The van der Waals surface area contributed by atoms with Gasteiger partial charge in [-0.2, -0.15) is 5.10 Å². The van der Waals surface area contributed by atoms with Crippen LogP contribution in [0.4, 0.5) is 11.4 Å². The second-order valence-electron chi connectivity index (χ2n) is 7.01. The summed E-state index contributed by atoms with van der Waals surface area (Å²) in [5.74, 6) is 0.419. The number of nitrogens with zero attached hydrogens (tertiary/aromatic N) is 3. The summed E-state index contributed by atoms with van der Waals surface area (Å²) in [4.78, 5) is 35.0. The maximum absolute atomic E-state index is 12.5. The number of nitrogens with one attached hydrogen (secondary N) is 1. The van der Waals surface area contributed by atoms with Gasteiger partial charge < -0.3 is 10.1 Å². The zero-order valence-electron chi connectivity index (χ0n) is 17.3. The minimum absolute atomic E-state index is 0.0384. The molecule has 9 nitrogen and oxygen atoms in total. The summed E-state index contributed by atoms with van der Waals surface area (Å²) in [5.41, 5.74) is 1.46. The molecule has 0 atom stereocenters. The number of anilines is 1. The van der Waals surface area contributed by atoms with Gasteiger partial charge in [0, 0.05) is 35.5 Å². The van der Waals surface area contributed by atoms with Gasteiger partial charge in [0.15, 0.2) is 0 Å². The Morgan fingerprint density at radius 3 is 2.42 bits per heavy atom. The van der Waals surface area contributed by atoms with Crippen LogP contribution in [-0.2, 0) is 11.3 Å². The van der Waals surface area contributed by atoms with Crippen molar-refractivity contribution in [2.24, 2.45) is 0 Å². The number of hydrogen-bond donors (Lipinski definition) is 1. The molecule has 1 aromatic heterocycles. The third kappa shape index (κ3) is 5.47. The molecular formula is C24H18N4O5. The zero-order chi connectivity index (χ0) is 23.2. The summed E-state index contributed by atoms with van der Waals surface area (Å²) in [6, 6.07) is 24.7. The molecule has 33 heavy (non-hydrogen) atoms. The molecule has 0 radical (unpaired) electrons. The minimum Gasteiger partial charge on any atom is -0.457 e. The number of carbonyl (C=O) groups is 1. The Hall–Kier alpha value is -4.79. The maximum atomic E-state index is 12.5. The van der Waals surface area contributed by atoms with Gasteiger partial charge >= 0.3 is 0 Å². The number of amides is 1. The average Bonchev–Trinajstić information content (AvgIpc) is 2.81. The number of hydrogen-bond acceptors (Lipinski definition) is 6. The highest BCUT2D eigenvalue weighted by molar-refractivity contribution is 5.90. The first-order valence-corrected chi connectivity index (χ1v) is 9.94. The summed E-state index contributed by atoms with van der Waals surface area (Å²) >= 11 is 0. The molecule has 0 spiro atoms. The molecule has 0 saturated heterocycles. The fourth-order valence-corrected chi connectivity index (χ4v) is 3.07. The molecule has 3 aromatic carbocycles. The van der Waals surface area contributed by atoms with Gasteiger partial charge in [-0.15, -0.1) is 0 Å². The Morgan fingerprint density at radius 1 is 0.939 bits per heavy atom. The topological polar surface area (TPSA) is 116 Å². The van der Waals surface area contributed by atoms with Crippen molar-refractivity contribution < 1.29 is 14.5 Å². The SMILES string of the molecule is O=C(Cn1nc(-c2ccccc2)ccc1=O)Nc1cccc(Oc2ccc([N+](=O)[O-])cc2)c1. The molecule has 1 heterocycles. The van der Waals surface area contributed by atoms with E-state index in [1.807, 2.05) is 30.3 Å². The Bertz CT molecular complexity index is 1350. The summed E-state index contributed by atoms with van der Waals surface area (Å²) < 4.78 is 6.80. The number of rotatable bonds is 7. The van der Waals surface area contributed by atoms with Crippen molar-refractivity contribution in [2.75, 3.05) is 5.32 Å². The van der Waals surface area contributed by atoms with Gasteiger partial charge in [0.1, 0.15) is 18.0 Å². The molecule has 4 aromatic rings. The summed E-state index contributed by atoms with van der Waals surface area (Å²) in [6.07, 6.45) is 0. The van der Waals surface area contributed by atoms with Crippen molar-refractivity contribution in [1.29, 1.82) is 0 Å². The van der Waals surface area contributed by atoms with Crippen LogP contribution in [0, 0.1) is 10.1 Å². The normalized spacial score (nSPS) is 10.4. The van der Waals surface area contributed by atoms with E-state index in [0.717, 1.165) is 10.2 Å². The summed E-state index contributed by atoms with van der Waals surface area (Å²) in [5, 5.41) is 17.8. The molecule has 9 heteroatoms. The van der Waals surface area contributed by atoms with Crippen molar-refractivity contribution in [3.8, 4) is 22.8 Å². The van der Waals surface area contributed by atoms with Crippen LogP contribution in [0.1, 0.15) is 0 Å². The van der Waals surface area contributed by atoms with E-state index in [-0.39, 0.29) is 17.8 Å². The van der Waals surface area contributed by atoms with Crippen LogP contribution in [0.25, 0.3) is 11.3 Å². The highest BCUT2D eigenvalue weighted by Gasteiger charge is 2.10. The number of benzene rings is 3. The predicted molar refractivity (Wildman–Crippen MR) is 122 cm³/mol. The largest absolute Gasteiger partial charge is 0.457 e. The van der Waals surface area contributed by atoms with Crippen molar-refractivity contribution in [3.63, 3.8) is 0 Å². The van der Waals surface area contributed by atoms with Gasteiger partial charge in [-0.05, 0) is 30.3 Å². The molecule has 0 saturated carbocycles. The molecule has 0 aliphatic rings. The molecule has 1 N–H and O–H groups in total. The molecule has 4 rings (SSSR count). The third-order valence-corrected chi connectivity index (χ3v) is 4.63. The molecule has 1 amide bonds. The quantitative estimate of drug-likeness (QED) is 0.338. The van der Waals surface area contributed by atoms with E-state index in [9.17, 15) is 19.7 Å². The second-order valence-corrected chi connectivity index (χ2v) is 7.01. The van der Waals surface area contributed by atoms with E-state index in [0.29, 0.717) is 22.9 Å². The van der Waals surface area contributed by atoms with Crippen LogP contribution in [0.5, 0.6) is 11.5 Å². The van der Waals surface area contributed by atoms with Crippen LogP contribution in [0.15, 0.2) is 95.8 Å². The lowest BCUT2D eigenvalue weighted by molar-refractivity contribution is -0.384. The van der Waals surface area contributed by atoms with Crippen molar-refractivity contribution in [3.05, 3.63) is 111 Å². The lowest BCUT2D eigenvalue weighted by atomic mass is 10.1. The third-order valence-electron chi connectivity index (χ3n) is 4.63. The first kappa shape index (κ1) is 21.4. The van der Waals surface area contributed by atoms with Gasteiger partial charge in [-0.25, -0.2) is 4.68 Å². The van der Waals surface area contributed by atoms with Gasteiger partial charge in [-0.1, -0.05) is 36.4 Å². The van der Waals surface area contributed by atoms with E-state index < -0.39 is 10.8 Å². The fourth-order valence-electron chi connectivity index (χ4n) is 3.07. The van der Waals surface area contributed by atoms with Crippen LogP contribution in [0.2, 0.25) is 0 Å². The van der Waals surface area contributed by atoms with Gasteiger partial charge in [-0.3, -0.25) is 19.7 Å². The Morgan fingerprint density at radius 2 is 1.70 bits per heavy atom. The highest BCUT2D eigenvalue weighted by atomic mass is 16.6. The molecule has 164 valence electrons. The number of non-ortho nitro benzene ring substituents is 1. The molecule has 0 fully saturated rings. The van der Waals surface area contributed by atoms with E-state index in [1.165, 1.54) is 30.3 Å². The van der Waals surface area contributed by atoms with E-state index in [4.69, 9.17) is 4.74 Å². The standard InChI is InChI=1S/C24H18N4O5/c29-23(16-27-24(30)14-13-22(26-27)17-5-2-1-3-6-17)25-18-7-4-8-21(15-18)33-20-11-9-19(10-12-20)28(31)32/h1-15H,16H2,(H,25,29). The zero-order valence-corrected chi connectivity index (χ0v) is 17.3. The molecule has 0 bridgehead atoms. The Balaban J connectivity index is 1.44. The van der Waals surface area contributed by atoms with Crippen LogP contribution in [-0.4, -0.2) is 20.6 Å². The highest BCUT2D eigenvalue weighted by Crippen LogP contribution is 2.26. The van der Waals surface area contributed by atoms with Crippen molar-refractivity contribution in [1.82, 2.24) is 9.78 Å². The first-order valence-electron chi connectivity index (χ1n) is 9.94. The van der Waals surface area contributed by atoms with E-state index in [1.54, 1.807) is 30.3 Å². The number of ether oxygens (including phenoxy) is 1. The second kappa shape index (κ2) is 9.56. The summed E-state index contributed by atoms with van der Waals surface area (Å²) in [6.45, 7) is -0.257. The van der Waals surface area contributed by atoms with Gasteiger partial charge in [0.25, 0.3) is 11.2 Å². The monoisotopic (exact) mass is 442 g/mol. The Kier molecular flexibility index (Phi) is 6.21. The Labute approximate surface area is 188 Å². The number of aromatic nitrogens is 2. The summed E-state index contributed by atoms with van der Waals surface area (Å²) in [7, 11) is 0. The molecule has 0 unspecified atom stereocenters. The number of nitro benzene ring substituents is 1. The van der Waals surface area contributed by atoms with Crippen LogP contribution < -0.4 is 15.6 Å². The van der Waals surface area contributed by atoms with Crippen LogP contribution >= 0.6 is 0 Å². The molecule has 0 aliphatic carbocycles. The lowest BCUT2D eigenvalue weighted by Crippen LogP contribution is -2.29. The first-order chi connectivity index (χ1) is 16.0. The van der Waals surface area contributed by atoms with E-state index >= 15 is 0 Å². The van der Waals surface area contributed by atoms with Gasteiger partial charge in [0.05, 0.1) is 10.6 Å². The fraction of sp³-hybridized carbons (Fsp3) is 0.0417. The average molecular weight is 442 g/mol. The van der Waals surface area contributed by atoms with E-state index in [2.05, 4.69) is 10.4 Å². The molecular weight excluding hydrogens is 424 g/mol. The number of carbonyl (C=O) groups excluding carboxylic acids is 1. The predicted octanol–water partition coefficient (Wildman–Crippen LogP) is 4.25. The van der Waals surface area contributed by atoms with Gasteiger partial charge in [0.2, 0.25) is 5.91 Å². The maximum Gasteiger partial charge on any atom is 0.269 e. The number of nitro groups is 1. The smallest absolute Gasteiger partial charge is 0.269 e. The molecule has 0 aliphatic heterocycles. The minimum atomic E-state index is -0.490. The van der Waals surface area contributed by atoms with Crippen molar-refractivity contribution >= 4 is 17.3 Å². The van der Waals surface area contributed by atoms with Crippen LogP contribution in [0.3, 0.4) is 0 Å². The van der Waals surface area contributed by atoms with Crippen molar-refractivity contribution in [2.45, 2.75) is 6.54 Å².